The van der Waals surface area contributed by atoms with E-state index in [1.54, 1.807) is 16.2 Å². The van der Waals surface area contributed by atoms with E-state index in [-0.39, 0.29) is 24.3 Å². The first-order valence-corrected chi connectivity index (χ1v) is 13.3. The standard InChI is InChI=1S/C26H30N2O3S2/c1-2-31-21-14-12-20(13-15-21)28(24(29)18-22-10-6-16-32-22)25(23-11-7-17-33-23)26(30)27-19-8-4-3-5-9-19/h6-7,10-17,19,25H,2-5,8-9,18H2,1H3,(H,27,30)/t25-/m1/s1. The molecule has 5 nitrogen and oxygen atoms in total. The van der Waals surface area contributed by atoms with Gasteiger partial charge < -0.3 is 10.1 Å². The zero-order valence-corrected chi connectivity index (χ0v) is 20.5. The first kappa shape index (κ1) is 23.5. The van der Waals surface area contributed by atoms with E-state index in [4.69, 9.17) is 4.74 Å². The number of rotatable bonds is 9. The van der Waals surface area contributed by atoms with Crippen molar-refractivity contribution in [2.75, 3.05) is 11.5 Å². The average molecular weight is 483 g/mol. The second kappa shape index (κ2) is 11.5. The van der Waals surface area contributed by atoms with Crippen molar-refractivity contribution in [3.05, 3.63) is 69.0 Å². The molecule has 1 aliphatic rings. The molecule has 1 aromatic carbocycles. The second-order valence-electron chi connectivity index (χ2n) is 8.21. The van der Waals surface area contributed by atoms with Crippen LogP contribution in [0, 0.1) is 0 Å². The van der Waals surface area contributed by atoms with Crippen LogP contribution in [0.15, 0.2) is 59.3 Å². The molecule has 1 saturated carbocycles. The highest BCUT2D eigenvalue weighted by molar-refractivity contribution is 7.10. The van der Waals surface area contributed by atoms with Gasteiger partial charge in [0.25, 0.3) is 0 Å². The Morgan fingerprint density at radius 2 is 1.76 bits per heavy atom. The molecule has 0 spiro atoms. The Labute approximate surface area is 203 Å². The van der Waals surface area contributed by atoms with E-state index in [0.717, 1.165) is 41.2 Å². The minimum Gasteiger partial charge on any atom is -0.494 e. The number of hydrogen-bond acceptors (Lipinski definition) is 5. The maximum absolute atomic E-state index is 13.7. The molecule has 0 aliphatic heterocycles. The number of ether oxygens (including phenoxy) is 1. The monoisotopic (exact) mass is 482 g/mol. The zero-order chi connectivity index (χ0) is 23.0. The number of hydrogen-bond donors (Lipinski definition) is 1. The van der Waals surface area contributed by atoms with Gasteiger partial charge in [-0.25, -0.2) is 0 Å². The summed E-state index contributed by atoms with van der Waals surface area (Å²) in [5.74, 6) is 0.530. The molecule has 7 heteroatoms. The molecular weight excluding hydrogens is 452 g/mol. The van der Waals surface area contributed by atoms with Gasteiger partial charge in [0.2, 0.25) is 11.8 Å². The number of benzene rings is 1. The SMILES string of the molecule is CCOc1ccc(N(C(=O)Cc2cccs2)[C@@H](C(=O)NC2CCCCC2)c2cccs2)cc1. The molecule has 1 fully saturated rings. The van der Waals surface area contributed by atoms with E-state index >= 15 is 0 Å². The molecule has 2 aromatic heterocycles. The molecule has 0 saturated heterocycles. The lowest BCUT2D eigenvalue weighted by Gasteiger charge is -2.33. The smallest absolute Gasteiger partial charge is 0.248 e. The van der Waals surface area contributed by atoms with E-state index in [2.05, 4.69) is 5.32 Å². The van der Waals surface area contributed by atoms with Crippen molar-refractivity contribution in [1.82, 2.24) is 5.32 Å². The van der Waals surface area contributed by atoms with E-state index in [1.807, 2.05) is 66.2 Å². The molecule has 1 N–H and O–H groups in total. The first-order valence-electron chi connectivity index (χ1n) is 11.6. The minimum absolute atomic E-state index is 0.0983. The fourth-order valence-electron chi connectivity index (χ4n) is 4.30. The van der Waals surface area contributed by atoms with Crippen LogP contribution >= 0.6 is 22.7 Å². The lowest BCUT2D eigenvalue weighted by atomic mass is 9.95. The van der Waals surface area contributed by atoms with Crippen LogP contribution in [-0.4, -0.2) is 24.5 Å². The number of nitrogens with zero attached hydrogens (tertiary/aromatic N) is 1. The van der Waals surface area contributed by atoms with Crippen LogP contribution in [0.3, 0.4) is 0 Å². The predicted octanol–water partition coefficient (Wildman–Crippen LogP) is 5.97. The summed E-state index contributed by atoms with van der Waals surface area (Å²) in [6.45, 7) is 2.51. The molecule has 0 bridgehead atoms. The average Bonchev–Trinajstić information content (AvgIpc) is 3.53. The van der Waals surface area contributed by atoms with Crippen molar-refractivity contribution >= 4 is 40.2 Å². The van der Waals surface area contributed by atoms with Gasteiger partial charge in [-0.2, -0.15) is 0 Å². The number of carbonyl (C=O) groups is 2. The summed E-state index contributed by atoms with van der Waals surface area (Å²) in [5.41, 5.74) is 0.692. The van der Waals surface area contributed by atoms with Crippen molar-refractivity contribution in [1.29, 1.82) is 0 Å². The number of nitrogens with one attached hydrogen (secondary N) is 1. The summed E-state index contributed by atoms with van der Waals surface area (Å²) in [4.78, 5) is 30.9. The van der Waals surface area contributed by atoms with Crippen LogP contribution in [-0.2, 0) is 16.0 Å². The van der Waals surface area contributed by atoms with Gasteiger partial charge in [0, 0.05) is 21.5 Å². The fraction of sp³-hybridized carbons (Fsp3) is 0.385. The zero-order valence-electron chi connectivity index (χ0n) is 18.9. The van der Waals surface area contributed by atoms with Crippen molar-refractivity contribution in [2.24, 2.45) is 0 Å². The fourth-order valence-corrected chi connectivity index (χ4v) is 5.81. The third-order valence-electron chi connectivity index (χ3n) is 5.87. The van der Waals surface area contributed by atoms with E-state index in [1.165, 1.54) is 17.8 Å². The van der Waals surface area contributed by atoms with Gasteiger partial charge in [-0.1, -0.05) is 31.4 Å². The van der Waals surface area contributed by atoms with Gasteiger partial charge >= 0.3 is 0 Å². The van der Waals surface area contributed by atoms with E-state index in [0.29, 0.717) is 12.3 Å². The van der Waals surface area contributed by atoms with Crippen molar-refractivity contribution < 1.29 is 14.3 Å². The Bertz CT molecular complexity index is 1010. The summed E-state index contributed by atoms with van der Waals surface area (Å²) < 4.78 is 5.59. The highest BCUT2D eigenvalue weighted by Crippen LogP contribution is 2.33. The topological polar surface area (TPSA) is 58.6 Å². The molecule has 0 radical (unpaired) electrons. The molecule has 2 amide bonds. The van der Waals surface area contributed by atoms with Gasteiger partial charge in [-0.05, 0) is 66.9 Å². The summed E-state index contributed by atoms with van der Waals surface area (Å²) in [6, 6.07) is 14.7. The Morgan fingerprint density at radius 3 is 2.39 bits per heavy atom. The Kier molecular flexibility index (Phi) is 8.18. The summed E-state index contributed by atoms with van der Waals surface area (Å²) in [7, 11) is 0. The van der Waals surface area contributed by atoms with Gasteiger partial charge in [0.05, 0.1) is 13.0 Å². The van der Waals surface area contributed by atoms with Gasteiger partial charge in [-0.3, -0.25) is 14.5 Å². The Balaban J connectivity index is 1.68. The van der Waals surface area contributed by atoms with Crippen molar-refractivity contribution in [3.63, 3.8) is 0 Å². The summed E-state index contributed by atoms with van der Waals surface area (Å²) >= 11 is 3.06. The number of carbonyl (C=O) groups excluding carboxylic acids is 2. The maximum Gasteiger partial charge on any atom is 0.248 e. The third-order valence-corrected chi connectivity index (χ3v) is 7.67. The Morgan fingerprint density at radius 1 is 1.03 bits per heavy atom. The largest absolute Gasteiger partial charge is 0.494 e. The molecule has 2 heterocycles. The highest BCUT2D eigenvalue weighted by atomic mass is 32.1. The van der Waals surface area contributed by atoms with Gasteiger partial charge in [0.15, 0.2) is 0 Å². The molecular formula is C26H30N2O3S2. The second-order valence-corrected chi connectivity index (χ2v) is 10.2. The highest BCUT2D eigenvalue weighted by Gasteiger charge is 2.34. The lowest BCUT2D eigenvalue weighted by Crippen LogP contribution is -2.47. The van der Waals surface area contributed by atoms with Gasteiger partial charge in [0.1, 0.15) is 11.8 Å². The van der Waals surface area contributed by atoms with Crippen LogP contribution in [0.4, 0.5) is 5.69 Å². The molecule has 0 unspecified atom stereocenters. The van der Waals surface area contributed by atoms with Crippen molar-refractivity contribution in [2.45, 2.75) is 57.5 Å². The number of amides is 2. The molecule has 33 heavy (non-hydrogen) atoms. The molecule has 1 aliphatic carbocycles. The third kappa shape index (κ3) is 6.03. The molecule has 1 atom stereocenters. The lowest BCUT2D eigenvalue weighted by molar-refractivity contribution is -0.127. The molecule has 174 valence electrons. The van der Waals surface area contributed by atoms with Gasteiger partial charge in [-0.15, -0.1) is 22.7 Å². The molecule has 4 rings (SSSR count). The number of anilines is 1. The summed E-state index contributed by atoms with van der Waals surface area (Å²) in [6.07, 6.45) is 5.73. The van der Waals surface area contributed by atoms with E-state index < -0.39 is 6.04 Å². The van der Waals surface area contributed by atoms with Crippen molar-refractivity contribution in [3.8, 4) is 5.75 Å². The van der Waals surface area contributed by atoms with Crippen LogP contribution in [0.1, 0.15) is 54.8 Å². The van der Waals surface area contributed by atoms with Crippen LogP contribution in [0.5, 0.6) is 5.75 Å². The number of thiophene rings is 2. The molecule has 3 aromatic rings. The summed E-state index contributed by atoms with van der Waals surface area (Å²) in [5, 5.41) is 7.18. The minimum atomic E-state index is -0.711. The quantitative estimate of drug-likeness (QED) is 0.408. The van der Waals surface area contributed by atoms with Crippen LogP contribution in [0.2, 0.25) is 0 Å². The first-order chi connectivity index (χ1) is 16.2. The Hall–Kier alpha value is -2.64. The maximum atomic E-state index is 13.7. The normalized spacial score (nSPS) is 15.1. The van der Waals surface area contributed by atoms with Crippen LogP contribution < -0.4 is 15.0 Å². The van der Waals surface area contributed by atoms with E-state index in [9.17, 15) is 9.59 Å². The van der Waals surface area contributed by atoms with Crippen LogP contribution in [0.25, 0.3) is 0 Å². The predicted molar refractivity (Wildman–Crippen MR) is 135 cm³/mol.